The van der Waals surface area contributed by atoms with Crippen LogP contribution in [0.5, 0.6) is 0 Å². The molecule has 0 spiro atoms. The van der Waals surface area contributed by atoms with Gasteiger partial charge in [0.1, 0.15) is 17.7 Å². The molecule has 0 radical (unpaired) electrons. The Labute approximate surface area is 190 Å². The summed E-state index contributed by atoms with van der Waals surface area (Å²) in [5.41, 5.74) is -0.729. The van der Waals surface area contributed by atoms with Crippen LogP contribution >= 0.6 is 11.8 Å². The average molecular weight is 462 g/mol. The molecule has 0 aromatic heterocycles. The summed E-state index contributed by atoms with van der Waals surface area (Å²) in [6.07, 6.45) is 4.80. The number of hydrogen-bond acceptors (Lipinski definition) is 6. The Morgan fingerprint density at radius 2 is 1.71 bits per heavy atom. The van der Waals surface area contributed by atoms with Crippen LogP contribution in [0.2, 0.25) is 0 Å². The van der Waals surface area contributed by atoms with Crippen LogP contribution in [0.25, 0.3) is 0 Å². The molecule has 0 unspecified atom stereocenters. The number of nitrogens with one attached hydrogen (secondary N) is 2. The summed E-state index contributed by atoms with van der Waals surface area (Å²) in [6, 6.07) is -2.15. The van der Waals surface area contributed by atoms with E-state index in [1.165, 1.54) is 16.7 Å². The molecule has 0 aliphatic carbocycles. The van der Waals surface area contributed by atoms with Crippen LogP contribution < -0.4 is 10.6 Å². The number of alkyl carbamates (subject to hydrolysis) is 1. The molecular formula is C21H39N3O6S. The maximum atomic E-state index is 12.8. The number of carbonyl (C=O) groups is 4. The van der Waals surface area contributed by atoms with Crippen molar-refractivity contribution in [1.29, 1.82) is 0 Å². The lowest BCUT2D eigenvalue weighted by Crippen LogP contribution is -2.55. The molecule has 31 heavy (non-hydrogen) atoms. The average Bonchev–Trinajstić information content (AvgIpc) is 2.65. The number of carbonyl (C=O) groups excluding carboxylic acids is 3. The second-order valence-electron chi connectivity index (χ2n) is 8.46. The quantitative estimate of drug-likeness (QED) is 0.340. The molecule has 0 saturated carbocycles. The number of nitrogens with zero attached hydrogens (tertiary/aromatic N) is 1. The van der Waals surface area contributed by atoms with Crippen LogP contribution in [0.4, 0.5) is 4.79 Å². The van der Waals surface area contributed by atoms with Gasteiger partial charge in [0.25, 0.3) is 0 Å². The minimum Gasteiger partial charge on any atom is -0.481 e. The van der Waals surface area contributed by atoms with Gasteiger partial charge in [-0.1, -0.05) is 26.2 Å². The lowest BCUT2D eigenvalue weighted by Gasteiger charge is -2.27. The standard InChI is InChI=1S/C21H39N3O6S/c1-7-8-9-10-12-24(5)19(28)16(14-17(25)26)22-18(27)15(11-13-31-6)23-20(29)30-21(2,3)4/h15-16H,7-14H2,1-6H3,(H,22,27)(H,23,29)(H,25,26)/t15-,16-/m0/s1. The molecule has 0 fully saturated rings. The molecule has 3 amide bonds. The Morgan fingerprint density at radius 1 is 1.06 bits per heavy atom. The molecule has 0 aromatic carbocycles. The van der Waals surface area contributed by atoms with Crippen molar-refractivity contribution < 1.29 is 29.0 Å². The van der Waals surface area contributed by atoms with Gasteiger partial charge in [-0.3, -0.25) is 14.4 Å². The zero-order valence-corrected chi connectivity index (χ0v) is 20.5. The largest absolute Gasteiger partial charge is 0.481 e. The summed E-state index contributed by atoms with van der Waals surface area (Å²) in [7, 11) is 1.60. The molecule has 9 nitrogen and oxygen atoms in total. The van der Waals surface area contributed by atoms with Crippen LogP contribution in [0.3, 0.4) is 0 Å². The summed E-state index contributed by atoms with van der Waals surface area (Å²) in [5.74, 6) is -1.69. The van der Waals surface area contributed by atoms with Crippen molar-refractivity contribution in [2.45, 2.75) is 83.9 Å². The Bertz CT molecular complexity index is 594. The molecule has 180 valence electrons. The van der Waals surface area contributed by atoms with E-state index in [9.17, 15) is 24.3 Å². The van der Waals surface area contributed by atoms with Crippen molar-refractivity contribution in [1.82, 2.24) is 15.5 Å². The fourth-order valence-corrected chi connectivity index (χ4v) is 3.22. The number of carboxylic acid groups (broad SMARTS) is 1. The van der Waals surface area contributed by atoms with E-state index in [4.69, 9.17) is 4.74 Å². The summed E-state index contributed by atoms with van der Waals surface area (Å²) >= 11 is 1.50. The van der Waals surface area contributed by atoms with E-state index in [1.54, 1.807) is 27.8 Å². The molecule has 3 N–H and O–H groups in total. The SMILES string of the molecule is CCCCCCN(C)C(=O)[C@H](CC(=O)O)NC(=O)[C@H](CCSC)NC(=O)OC(C)(C)C. The van der Waals surface area contributed by atoms with Gasteiger partial charge < -0.3 is 25.4 Å². The number of hydrogen-bond donors (Lipinski definition) is 3. The summed E-state index contributed by atoms with van der Waals surface area (Å²) < 4.78 is 5.21. The number of unbranched alkanes of at least 4 members (excludes halogenated alkanes) is 3. The van der Waals surface area contributed by atoms with E-state index in [1.807, 2.05) is 6.26 Å². The highest BCUT2D eigenvalue weighted by molar-refractivity contribution is 7.98. The lowest BCUT2D eigenvalue weighted by molar-refractivity contribution is -0.143. The highest BCUT2D eigenvalue weighted by atomic mass is 32.2. The number of thioether (sulfide) groups is 1. The third kappa shape index (κ3) is 13.9. The number of likely N-dealkylation sites (N-methyl/N-ethyl adjacent to an activating group) is 1. The van der Waals surface area contributed by atoms with Gasteiger partial charge in [-0.05, 0) is 45.6 Å². The van der Waals surface area contributed by atoms with E-state index < -0.39 is 48.0 Å². The maximum Gasteiger partial charge on any atom is 0.408 e. The van der Waals surface area contributed by atoms with E-state index in [2.05, 4.69) is 17.6 Å². The van der Waals surface area contributed by atoms with E-state index >= 15 is 0 Å². The first kappa shape index (κ1) is 29.0. The molecule has 2 atom stereocenters. The van der Waals surface area contributed by atoms with Crippen molar-refractivity contribution in [3.05, 3.63) is 0 Å². The minimum absolute atomic E-state index is 0.313. The highest BCUT2D eigenvalue weighted by Gasteiger charge is 2.30. The van der Waals surface area contributed by atoms with Crippen LogP contribution in [-0.4, -0.2) is 77.2 Å². The fourth-order valence-electron chi connectivity index (χ4n) is 2.75. The Morgan fingerprint density at radius 3 is 2.23 bits per heavy atom. The Kier molecular flexibility index (Phi) is 14.0. The molecule has 10 heteroatoms. The van der Waals surface area contributed by atoms with Crippen molar-refractivity contribution in [3.8, 4) is 0 Å². The molecule has 0 aliphatic heterocycles. The number of carboxylic acids is 1. The number of amides is 3. The van der Waals surface area contributed by atoms with Gasteiger partial charge in [0, 0.05) is 13.6 Å². The lowest BCUT2D eigenvalue weighted by atomic mass is 10.1. The molecular weight excluding hydrogens is 422 g/mol. The highest BCUT2D eigenvalue weighted by Crippen LogP contribution is 2.09. The van der Waals surface area contributed by atoms with Gasteiger partial charge >= 0.3 is 12.1 Å². The summed E-state index contributed by atoms with van der Waals surface area (Å²) in [6.45, 7) is 7.70. The van der Waals surface area contributed by atoms with E-state index in [0.29, 0.717) is 18.7 Å². The van der Waals surface area contributed by atoms with Crippen molar-refractivity contribution in [2.75, 3.05) is 25.6 Å². The molecule has 0 aliphatic rings. The van der Waals surface area contributed by atoms with Gasteiger partial charge in [0.05, 0.1) is 6.42 Å². The topological polar surface area (TPSA) is 125 Å². The van der Waals surface area contributed by atoms with Crippen LogP contribution in [0, 0.1) is 0 Å². The predicted octanol–water partition coefficient (Wildman–Crippen LogP) is 2.63. The van der Waals surface area contributed by atoms with Crippen LogP contribution in [0.1, 0.15) is 66.2 Å². The van der Waals surface area contributed by atoms with Gasteiger partial charge in [0.2, 0.25) is 11.8 Å². The minimum atomic E-state index is -1.21. The summed E-state index contributed by atoms with van der Waals surface area (Å²) in [5, 5.41) is 14.3. The van der Waals surface area contributed by atoms with Gasteiger partial charge in [-0.15, -0.1) is 0 Å². The van der Waals surface area contributed by atoms with Crippen LogP contribution in [-0.2, 0) is 19.1 Å². The number of rotatable bonds is 14. The molecule has 0 heterocycles. The van der Waals surface area contributed by atoms with Crippen LogP contribution in [0.15, 0.2) is 0 Å². The monoisotopic (exact) mass is 461 g/mol. The zero-order chi connectivity index (χ0) is 24.0. The first-order valence-corrected chi connectivity index (χ1v) is 12.1. The predicted molar refractivity (Wildman–Crippen MR) is 122 cm³/mol. The van der Waals surface area contributed by atoms with Crippen molar-refractivity contribution in [3.63, 3.8) is 0 Å². The fraction of sp³-hybridized carbons (Fsp3) is 0.810. The smallest absolute Gasteiger partial charge is 0.408 e. The second-order valence-corrected chi connectivity index (χ2v) is 9.45. The van der Waals surface area contributed by atoms with E-state index in [0.717, 1.165) is 25.7 Å². The van der Waals surface area contributed by atoms with Gasteiger partial charge in [0.15, 0.2) is 0 Å². The van der Waals surface area contributed by atoms with Gasteiger partial charge in [-0.25, -0.2) is 4.79 Å². The third-order valence-electron chi connectivity index (χ3n) is 4.33. The maximum absolute atomic E-state index is 12.8. The van der Waals surface area contributed by atoms with Crippen molar-refractivity contribution >= 4 is 35.6 Å². The number of ether oxygens (including phenoxy) is 1. The second kappa shape index (κ2) is 14.9. The zero-order valence-electron chi connectivity index (χ0n) is 19.7. The first-order chi connectivity index (χ1) is 14.4. The number of aliphatic carboxylic acids is 1. The van der Waals surface area contributed by atoms with E-state index in [-0.39, 0.29) is 0 Å². The normalized spacial score (nSPS) is 13.1. The molecule has 0 saturated heterocycles. The Balaban J connectivity index is 5.19. The molecule has 0 aromatic rings. The van der Waals surface area contributed by atoms with Gasteiger partial charge in [-0.2, -0.15) is 11.8 Å². The molecule has 0 bridgehead atoms. The summed E-state index contributed by atoms with van der Waals surface area (Å²) in [4.78, 5) is 50.4. The Hall–Kier alpha value is -1.97. The first-order valence-electron chi connectivity index (χ1n) is 10.7. The molecule has 0 rings (SSSR count). The third-order valence-corrected chi connectivity index (χ3v) is 4.98. The van der Waals surface area contributed by atoms with Crippen molar-refractivity contribution in [2.24, 2.45) is 0 Å².